The first kappa shape index (κ1) is 25.2. The van der Waals surface area contributed by atoms with Crippen LogP contribution in [0.3, 0.4) is 0 Å². The molecule has 186 valence electrons. The molecule has 0 aromatic heterocycles. The van der Waals surface area contributed by atoms with E-state index < -0.39 is 5.31 Å². The Morgan fingerprint density at radius 3 is 1.69 bits per heavy atom. The van der Waals surface area contributed by atoms with E-state index in [-0.39, 0.29) is 6.29 Å². The van der Waals surface area contributed by atoms with Gasteiger partial charge in [0, 0.05) is 0 Å². The first-order valence-corrected chi connectivity index (χ1v) is 17.4. The Balaban J connectivity index is 1.41. The topological polar surface area (TPSA) is 18.5 Å². The van der Waals surface area contributed by atoms with E-state index in [1.54, 1.807) is 0 Å². The Hall–Kier alpha value is -2.45. The number of halogens is 1. The summed E-state index contributed by atoms with van der Waals surface area (Å²) < 4.78 is 11.8. The molecule has 0 spiro atoms. The van der Waals surface area contributed by atoms with E-state index in [1.807, 2.05) is 0 Å². The van der Waals surface area contributed by atoms with Crippen molar-refractivity contribution < 1.29 is 9.47 Å². The van der Waals surface area contributed by atoms with Gasteiger partial charge in [-0.25, -0.2) is 0 Å². The van der Waals surface area contributed by atoms with Crippen molar-refractivity contribution in [2.45, 2.75) is 38.4 Å². The molecule has 1 unspecified atom stereocenters. The van der Waals surface area contributed by atoms with Crippen molar-refractivity contribution in [2.75, 3.05) is 12.8 Å². The second-order valence-electron chi connectivity index (χ2n) is 9.57. The summed E-state index contributed by atoms with van der Waals surface area (Å²) in [5, 5.41) is 1.25. The quantitative estimate of drug-likeness (QED) is 0.199. The van der Waals surface area contributed by atoms with E-state index in [2.05, 4.69) is 131 Å². The Kier molecular flexibility index (Phi) is 7.91. The molecule has 0 aliphatic carbocycles. The third-order valence-corrected chi connectivity index (χ3v) is 17.3. The van der Waals surface area contributed by atoms with Gasteiger partial charge in [0.15, 0.2) is 0 Å². The van der Waals surface area contributed by atoms with Crippen LogP contribution in [-0.4, -0.2) is 19.1 Å². The van der Waals surface area contributed by atoms with E-state index >= 15 is 0 Å². The fourth-order valence-corrected chi connectivity index (χ4v) is 13.0. The van der Waals surface area contributed by atoms with Gasteiger partial charge >= 0.3 is 224 Å². The second-order valence-corrected chi connectivity index (χ2v) is 18.6. The predicted octanol–water partition coefficient (Wildman–Crippen LogP) is 7.36. The molecule has 4 aromatic carbocycles. The zero-order valence-electron chi connectivity index (χ0n) is 20.6. The SMILES string of the molecule is BrP(CCCc1ccc(OC2CCCCO2)cc1)(c1ccccc1)(c1ccccc1)c1ccccc1. The van der Waals surface area contributed by atoms with Crippen LogP contribution in [0.25, 0.3) is 0 Å². The van der Waals surface area contributed by atoms with Gasteiger partial charge in [-0.1, -0.05) is 0 Å². The first-order chi connectivity index (χ1) is 17.7. The van der Waals surface area contributed by atoms with Gasteiger partial charge in [0.1, 0.15) is 0 Å². The second kappa shape index (κ2) is 11.3. The zero-order chi connectivity index (χ0) is 24.7. The fourth-order valence-electron chi connectivity index (χ4n) is 5.32. The number of aryl methyl sites for hydroxylation is 1. The summed E-state index contributed by atoms with van der Waals surface area (Å²) in [4.78, 5) is 0. The van der Waals surface area contributed by atoms with E-state index in [0.717, 1.165) is 44.2 Å². The summed E-state index contributed by atoms with van der Waals surface area (Å²) in [6.07, 6.45) is 6.28. The van der Waals surface area contributed by atoms with Gasteiger partial charge in [0.05, 0.1) is 0 Å². The molecule has 1 heterocycles. The predicted molar refractivity (Wildman–Crippen MR) is 158 cm³/mol. The van der Waals surface area contributed by atoms with Crippen LogP contribution in [0.2, 0.25) is 0 Å². The third kappa shape index (κ3) is 5.16. The molecule has 1 saturated heterocycles. The summed E-state index contributed by atoms with van der Waals surface area (Å²) in [6.45, 7) is 0.797. The maximum absolute atomic E-state index is 6.04. The normalized spacial score (nSPS) is 17.1. The molecular weight excluding hydrogens is 527 g/mol. The van der Waals surface area contributed by atoms with Gasteiger partial charge in [-0.05, 0) is 0 Å². The number of ether oxygens (including phenoxy) is 2. The van der Waals surface area contributed by atoms with Crippen molar-refractivity contribution in [3.8, 4) is 5.75 Å². The Morgan fingerprint density at radius 2 is 1.22 bits per heavy atom. The molecule has 1 fully saturated rings. The van der Waals surface area contributed by atoms with Crippen LogP contribution < -0.4 is 20.7 Å². The minimum absolute atomic E-state index is 0.105. The average molecular weight is 562 g/mol. The molecule has 4 aromatic rings. The molecule has 5 rings (SSSR count). The molecule has 0 N–H and O–H groups in total. The van der Waals surface area contributed by atoms with Crippen molar-refractivity contribution in [1.29, 1.82) is 0 Å². The molecule has 0 bridgehead atoms. The molecular formula is C32H34BrO2P. The van der Waals surface area contributed by atoms with Gasteiger partial charge < -0.3 is 0 Å². The van der Waals surface area contributed by atoms with Crippen molar-refractivity contribution in [3.05, 3.63) is 121 Å². The van der Waals surface area contributed by atoms with Gasteiger partial charge in [0.2, 0.25) is 0 Å². The summed E-state index contributed by atoms with van der Waals surface area (Å²) >= 11 is 4.55. The molecule has 0 radical (unpaired) electrons. The summed E-state index contributed by atoms with van der Waals surface area (Å²) in [5.74, 6) is 0.892. The van der Waals surface area contributed by atoms with Crippen LogP contribution >= 0.6 is 20.8 Å². The van der Waals surface area contributed by atoms with Crippen molar-refractivity contribution >= 4 is 36.7 Å². The molecule has 1 aliphatic heterocycles. The molecule has 1 aliphatic rings. The maximum atomic E-state index is 6.04. The zero-order valence-corrected chi connectivity index (χ0v) is 23.1. The van der Waals surface area contributed by atoms with Crippen LogP contribution in [0.15, 0.2) is 115 Å². The minimum atomic E-state index is -2.86. The van der Waals surface area contributed by atoms with Crippen LogP contribution in [0.4, 0.5) is 0 Å². The van der Waals surface area contributed by atoms with E-state index in [1.165, 1.54) is 27.9 Å². The number of rotatable bonds is 9. The molecule has 36 heavy (non-hydrogen) atoms. The molecule has 1 atom stereocenters. The summed E-state index contributed by atoms with van der Waals surface area (Å²) in [5.41, 5.74) is 1.33. The molecule has 4 heteroatoms. The number of benzene rings is 4. The average Bonchev–Trinajstić information content (AvgIpc) is 2.96. The van der Waals surface area contributed by atoms with Gasteiger partial charge in [-0.2, -0.15) is 0 Å². The standard InChI is InChI=1S/C32H34BrO2P/c33-36(29-14-4-1-5-15-29,30-16-6-2-7-17-30,31-18-8-3-9-19-31)26-12-13-27-21-23-28(24-22-27)35-32-20-10-11-25-34-32/h1-9,14-19,21-24,32H,10-13,20,25-26H2. The van der Waals surface area contributed by atoms with Gasteiger partial charge in [0.25, 0.3) is 0 Å². The first-order valence-electron chi connectivity index (χ1n) is 12.9. The summed E-state index contributed by atoms with van der Waals surface area (Å²) in [6, 6.07) is 41.7. The number of hydrogen-bond acceptors (Lipinski definition) is 2. The van der Waals surface area contributed by atoms with Crippen LogP contribution in [0.1, 0.15) is 31.2 Å². The van der Waals surface area contributed by atoms with E-state index in [0.29, 0.717) is 0 Å². The van der Waals surface area contributed by atoms with Crippen LogP contribution in [-0.2, 0) is 11.2 Å². The summed E-state index contributed by atoms with van der Waals surface area (Å²) in [7, 11) is 0. The Morgan fingerprint density at radius 1 is 0.694 bits per heavy atom. The molecule has 2 nitrogen and oxygen atoms in total. The van der Waals surface area contributed by atoms with Crippen LogP contribution in [0.5, 0.6) is 5.75 Å². The fraction of sp³-hybridized carbons (Fsp3) is 0.250. The Bertz CT molecular complexity index is 1120. The molecule has 0 saturated carbocycles. The Labute approximate surface area is 223 Å². The van der Waals surface area contributed by atoms with Gasteiger partial charge in [-0.3, -0.25) is 0 Å². The van der Waals surface area contributed by atoms with Gasteiger partial charge in [-0.15, -0.1) is 0 Å². The van der Waals surface area contributed by atoms with Crippen molar-refractivity contribution in [3.63, 3.8) is 0 Å². The monoisotopic (exact) mass is 560 g/mol. The van der Waals surface area contributed by atoms with Crippen molar-refractivity contribution in [2.24, 2.45) is 0 Å². The van der Waals surface area contributed by atoms with E-state index in [9.17, 15) is 0 Å². The molecule has 0 amide bonds. The van der Waals surface area contributed by atoms with E-state index in [4.69, 9.17) is 9.47 Å². The number of hydrogen-bond donors (Lipinski definition) is 0. The van der Waals surface area contributed by atoms with Crippen LogP contribution in [0, 0.1) is 0 Å². The van der Waals surface area contributed by atoms with Crippen molar-refractivity contribution in [1.82, 2.24) is 0 Å². The third-order valence-electron chi connectivity index (χ3n) is 7.26.